The highest BCUT2D eigenvalue weighted by atomic mass is 16.3. The Kier molecular flexibility index (Phi) is 2.53. The molecule has 0 bridgehead atoms. The first kappa shape index (κ1) is 12.1. The van der Waals surface area contributed by atoms with Gasteiger partial charge in [-0.1, -0.05) is 41.5 Å². The van der Waals surface area contributed by atoms with Crippen molar-refractivity contribution in [2.75, 3.05) is 0 Å². The molecule has 0 aliphatic rings. The Labute approximate surface area is 102 Å². The predicted molar refractivity (Wildman–Crippen MR) is 69.2 cm³/mol. The molecule has 2 aromatic rings. The van der Waals surface area contributed by atoms with Crippen LogP contribution in [-0.4, -0.2) is 9.97 Å². The van der Waals surface area contributed by atoms with Crippen molar-refractivity contribution in [1.82, 2.24) is 9.97 Å². The van der Waals surface area contributed by atoms with E-state index in [0.29, 0.717) is 5.71 Å². The van der Waals surface area contributed by atoms with Gasteiger partial charge in [0.1, 0.15) is 5.52 Å². The lowest BCUT2D eigenvalue weighted by atomic mass is 9.81. The maximum absolute atomic E-state index is 5.35. The first-order chi connectivity index (χ1) is 7.69. The minimum absolute atomic E-state index is 0.0128. The minimum atomic E-state index is -0.0312. The summed E-state index contributed by atoms with van der Waals surface area (Å²) in [5, 5.41) is 0. The average molecular weight is 232 g/mol. The van der Waals surface area contributed by atoms with Crippen LogP contribution in [0, 0.1) is 0 Å². The lowest BCUT2D eigenvalue weighted by Crippen LogP contribution is -2.25. The third kappa shape index (κ3) is 2.19. The Morgan fingerprint density at radius 2 is 1.41 bits per heavy atom. The molecule has 2 heterocycles. The van der Waals surface area contributed by atoms with Crippen LogP contribution in [-0.2, 0) is 10.8 Å². The Balaban J connectivity index is 2.78. The van der Waals surface area contributed by atoms with Crippen LogP contribution in [0.15, 0.2) is 16.7 Å². The molecule has 0 spiro atoms. The lowest BCUT2D eigenvalue weighted by Gasteiger charge is -2.27. The fourth-order valence-electron chi connectivity index (χ4n) is 1.84. The van der Waals surface area contributed by atoms with Gasteiger partial charge in [0.25, 0.3) is 0 Å². The van der Waals surface area contributed by atoms with E-state index in [4.69, 9.17) is 9.40 Å². The van der Waals surface area contributed by atoms with Gasteiger partial charge in [-0.25, -0.2) is 9.97 Å². The largest absolute Gasteiger partial charge is 0.445 e. The number of hydrogen-bond acceptors (Lipinski definition) is 3. The lowest BCUT2D eigenvalue weighted by molar-refractivity contribution is 0.496. The van der Waals surface area contributed by atoms with Crippen molar-refractivity contribution >= 4 is 11.2 Å². The molecule has 0 N–H and O–H groups in total. The van der Waals surface area contributed by atoms with E-state index in [0.717, 1.165) is 16.9 Å². The number of fused-ring (bicyclic) bond motifs is 1. The standard InChI is InChI=1S/C14H20N2O/c1-13(2,3)10-11(14(4,5)6)16-12-9(15-10)7-8-17-12/h7-8H,1-6H3. The van der Waals surface area contributed by atoms with Gasteiger partial charge in [0.15, 0.2) is 0 Å². The first-order valence-corrected chi connectivity index (χ1v) is 5.96. The van der Waals surface area contributed by atoms with E-state index in [1.807, 2.05) is 6.07 Å². The monoisotopic (exact) mass is 232 g/mol. The molecule has 0 amide bonds. The molecular formula is C14H20N2O. The van der Waals surface area contributed by atoms with Crippen LogP contribution in [0.4, 0.5) is 0 Å². The van der Waals surface area contributed by atoms with Crippen LogP contribution in [0.3, 0.4) is 0 Å². The molecule has 2 rings (SSSR count). The first-order valence-electron chi connectivity index (χ1n) is 5.96. The summed E-state index contributed by atoms with van der Waals surface area (Å²) in [6.07, 6.45) is 1.64. The summed E-state index contributed by atoms with van der Waals surface area (Å²) in [7, 11) is 0. The van der Waals surface area contributed by atoms with Gasteiger partial charge in [-0.15, -0.1) is 0 Å². The molecule has 0 unspecified atom stereocenters. The van der Waals surface area contributed by atoms with Crippen LogP contribution in [0.5, 0.6) is 0 Å². The molecule has 0 fully saturated rings. The van der Waals surface area contributed by atoms with E-state index in [1.165, 1.54) is 0 Å². The van der Waals surface area contributed by atoms with Crippen molar-refractivity contribution in [2.24, 2.45) is 0 Å². The Morgan fingerprint density at radius 3 is 1.94 bits per heavy atom. The molecule has 0 aromatic carbocycles. The van der Waals surface area contributed by atoms with Gasteiger partial charge in [-0.05, 0) is 0 Å². The number of rotatable bonds is 0. The van der Waals surface area contributed by atoms with Crippen molar-refractivity contribution in [3.05, 3.63) is 23.7 Å². The van der Waals surface area contributed by atoms with Gasteiger partial charge >= 0.3 is 0 Å². The maximum Gasteiger partial charge on any atom is 0.245 e. The van der Waals surface area contributed by atoms with Gasteiger partial charge in [-0.3, -0.25) is 0 Å². The second kappa shape index (κ2) is 3.56. The molecule has 3 nitrogen and oxygen atoms in total. The molecular weight excluding hydrogens is 212 g/mol. The zero-order valence-electron chi connectivity index (χ0n) is 11.5. The highest BCUT2D eigenvalue weighted by molar-refractivity contribution is 5.68. The van der Waals surface area contributed by atoms with E-state index in [9.17, 15) is 0 Å². The van der Waals surface area contributed by atoms with Crippen LogP contribution in [0.1, 0.15) is 52.9 Å². The molecule has 0 aliphatic carbocycles. The maximum atomic E-state index is 5.35. The average Bonchev–Trinajstić information content (AvgIpc) is 2.59. The molecule has 0 atom stereocenters. The van der Waals surface area contributed by atoms with Crippen molar-refractivity contribution in [1.29, 1.82) is 0 Å². The smallest absolute Gasteiger partial charge is 0.245 e. The summed E-state index contributed by atoms with van der Waals surface area (Å²) in [6, 6.07) is 1.87. The normalized spacial score (nSPS) is 13.3. The van der Waals surface area contributed by atoms with Gasteiger partial charge < -0.3 is 4.42 Å². The molecule has 0 saturated carbocycles. The quantitative estimate of drug-likeness (QED) is 0.693. The topological polar surface area (TPSA) is 38.9 Å². The second-order valence-corrected chi connectivity index (χ2v) is 6.53. The Hall–Kier alpha value is -1.38. The SMILES string of the molecule is CC(C)(C)c1nc2ccoc2nc1C(C)(C)C. The summed E-state index contributed by atoms with van der Waals surface area (Å²) < 4.78 is 5.35. The number of hydrogen-bond donors (Lipinski definition) is 0. The molecule has 3 heteroatoms. The Morgan fingerprint density at radius 1 is 0.882 bits per heavy atom. The van der Waals surface area contributed by atoms with Gasteiger partial charge in [0, 0.05) is 16.9 Å². The van der Waals surface area contributed by atoms with Crippen molar-refractivity contribution in [2.45, 2.75) is 52.4 Å². The fourth-order valence-corrected chi connectivity index (χ4v) is 1.84. The van der Waals surface area contributed by atoms with Crippen LogP contribution >= 0.6 is 0 Å². The second-order valence-electron chi connectivity index (χ2n) is 6.53. The molecule has 17 heavy (non-hydrogen) atoms. The molecule has 0 aliphatic heterocycles. The number of furan rings is 1. The highest BCUT2D eigenvalue weighted by Crippen LogP contribution is 2.32. The van der Waals surface area contributed by atoms with Crippen molar-refractivity contribution in [3.8, 4) is 0 Å². The van der Waals surface area contributed by atoms with Crippen LogP contribution in [0.2, 0.25) is 0 Å². The number of nitrogens with zero attached hydrogens (tertiary/aromatic N) is 2. The van der Waals surface area contributed by atoms with E-state index in [-0.39, 0.29) is 10.8 Å². The third-order valence-electron chi connectivity index (χ3n) is 2.72. The number of aromatic nitrogens is 2. The molecule has 0 radical (unpaired) electrons. The van der Waals surface area contributed by atoms with E-state index < -0.39 is 0 Å². The summed E-state index contributed by atoms with van der Waals surface area (Å²) >= 11 is 0. The van der Waals surface area contributed by atoms with E-state index >= 15 is 0 Å². The molecule has 2 aromatic heterocycles. The van der Waals surface area contributed by atoms with E-state index in [2.05, 4.69) is 46.5 Å². The minimum Gasteiger partial charge on any atom is -0.445 e. The summed E-state index contributed by atoms with van der Waals surface area (Å²) in [5.41, 5.74) is 3.50. The third-order valence-corrected chi connectivity index (χ3v) is 2.72. The Bertz CT molecular complexity index is 493. The van der Waals surface area contributed by atoms with Crippen molar-refractivity contribution in [3.63, 3.8) is 0 Å². The summed E-state index contributed by atoms with van der Waals surface area (Å²) in [5.74, 6) is 0. The predicted octanol–water partition coefficient (Wildman–Crippen LogP) is 3.82. The van der Waals surface area contributed by atoms with Gasteiger partial charge in [0.2, 0.25) is 5.71 Å². The zero-order valence-corrected chi connectivity index (χ0v) is 11.5. The fraction of sp³-hybridized carbons (Fsp3) is 0.571. The van der Waals surface area contributed by atoms with E-state index in [1.54, 1.807) is 6.26 Å². The molecule has 92 valence electrons. The summed E-state index contributed by atoms with van der Waals surface area (Å²) in [4.78, 5) is 9.36. The summed E-state index contributed by atoms with van der Waals surface area (Å²) in [6.45, 7) is 13.0. The van der Waals surface area contributed by atoms with Crippen LogP contribution in [0.25, 0.3) is 11.2 Å². The van der Waals surface area contributed by atoms with Crippen molar-refractivity contribution < 1.29 is 4.42 Å². The zero-order chi connectivity index (χ0) is 12.8. The molecule has 0 saturated heterocycles. The van der Waals surface area contributed by atoms with Gasteiger partial charge in [-0.2, -0.15) is 0 Å². The van der Waals surface area contributed by atoms with Gasteiger partial charge in [0.05, 0.1) is 17.7 Å². The highest BCUT2D eigenvalue weighted by Gasteiger charge is 2.29. The van der Waals surface area contributed by atoms with Crippen LogP contribution < -0.4 is 0 Å².